The Labute approximate surface area is 207 Å². The Morgan fingerprint density at radius 1 is 1.06 bits per heavy atom. The van der Waals surface area contributed by atoms with Crippen LogP contribution in [0.2, 0.25) is 18.6 Å². The molecule has 1 fully saturated rings. The molecule has 1 rings (SSSR count). The lowest BCUT2D eigenvalue weighted by atomic mass is 9.90. The van der Waals surface area contributed by atoms with Gasteiger partial charge in [0.25, 0.3) is 12.2 Å². The molecule has 1 saturated heterocycles. The van der Waals surface area contributed by atoms with E-state index in [0.717, 1.165) is 5.20 Å². The third kappa shape index (κ3) is 5.44. The lowest BCUT2D eigenvalue weighted by Gasteiger charge is -2.65. The molecule has 0 aromatic rings. The molecule has 0 radical (unpaired) electrons. The van der Waals surface area contributed by atoms with Gasteiger partial charge in [-0.15, -0.1) is 0 Å². The number of rotatable bonds is 12. The number of alkyl halides is 3. The van der Waals surface area contributed by atoms with Crippen LogP contribution in [-0.4, -0.2) is 107 Å². The normalized spacial score (nSPS) is 36.0. The van der Waals surface area contributed by atoms with Crippen LogP contribution in [0.5, 0.6) is 0 Å². The molecular weight excluding hydrogens is 546 g/mol. The van der Waals surface area contributed by atoms with Crippen LogP contribution in [0.4, 0.5) is 13.2 Å². The van der Waals surface area contributed by atoms with Gasteiger partial charge in [-0.05, 0) is 40.3 Å². The van der Waals surface area contributed by atoms with Crippen LogP contribution >= 0.6 is 0 Å². The molecule has 1 heterocycles. The summed E-state index contributed by atoms with van der Waals surface area (Å²) in [5.41, 5.74) is -0.597. The van der Waals surface area contributed by atoms with Crippen LogP contribution in [0.3, 0.4) is 0 Å². The first kappa shape index (κ1) is 30.8. The summed E-state index contributed by atoms with van der Waals surface area (Å²) in [6.45, 7) is 9.30. The topological polar surface area (TPSA) is 64.6 Å². The van der Waals surface area contributed by atoms with Crippen molar-refractivity contribution in [3.05, 3.63) is 11.3 Å². The second-order valence-electron chi connectivity index (χ2n) is 8.51. The van der Waals surface area contributed by atoms with Gasteiger partial charge in [0.15, 0.2) is 24.3 Å². The third-order valence-electron chi connectivity index (χ3n) is 6.47. The van der Waals surface area contributed by atoms with E-state index in [0.29, 0.717) is 10.5 Å². The smallest absolute Gasteiger partial charge is 0.271 e. The summed E-state index contributed by atoms with van der Waals surface area (Å²) in [6, 6.07) is 0. The quantitative estimate of drug-likeness (QED) is 0.175. The van der Waals surface area contributed by atoms with Crippen molar-refractivity contribution in [2.45, 2.75) is 81.9 Å². The number of halogens is 3. The highest BCUT2D eigenvalue weighted by molar-refractivity contribution is 6.73. The average Bonchev–Trinajstić information content (AvgIpc) is 2.76. The molecule has 0 aromatic carbocycles. The van der Waals surface area contributed by atoms with Crippen LogP contribution in [0.25, 0.3) is 0 Å². The van der Waals surface area contributed by atoms with Crippen molar-refractivity contribution < 1.29 is 44.2 Å². The van der Waals surface area contributed by atoms with E-state index >= 15 is 0 Å². The predicted octanol–water partition coefficient (Wildman–Crippen LogP) is -3.43. The molecule has 17 heteroatoms. The Balaban J connectivity index is 3.63. The van der Waals surface area contributed by atoms with Gasteiger partial charge in [-0.25, -0.2) is 13.2 Å². The van der Waals surface area contributed by atoms with Crippen LogP contribution in [0.15, 0.2) is 11.3 Å². The third-order valence-corrected chi connectivity index (χ3v) is 14.3. The molecule has 4 atom stereocenters. The van der Waals surface area contributed by atoms with Crippen LogP contribution < -0.4 is 0 Å². The molecule has 190 valence electrons. The Bertz CT molecular complexity index is 640. The molecule has 0 aromatic heterocycles. The summed E-state index contributed by atoms with van der Waals surface area (Å²) >= 11 is 0. The Morgan fingerprint density at radius 3 is 1.97 bits per heavy atom. The van der Waals surface area contributed by atoms with E-state index < -0.39 is 59.7 Å². The minimum absolute atomic E-state index is 0.0615. The van der Waals surface area contributed by atoms with E-state index in [9.17, 15) is 13.2 Å². The first-order valence-corrected chi connectivity index (χ1v) is 18.8. The maximum absolute atomic E-state index is 14.8. The van der Waals surface area contributed by atoms with E-state index in [1.54, 1.807) is 6.92 Å². The van der Waals surface area contributed by atoms with Crippen LogP contribution in [0, 0.1) is 0 Å². The summed E-state index contributed by atoms with van der Waals surface area (Å²) in [7, 11) is -2.85. The zero-order valence-corrected chi connectivity index (χ0v) is 33.2. The van der Waals surface area contributed by atoms with Gasteiger partial charge in [0.1, 0.15) is 52.4 Å². The van der Waals surface area contributed by atoms with Crippen molar-refractivity contribution in [3.8, 4) is 0 Å². The maximum Gasteiger partial charge on any atom is 0.271 e. The van der Waals surface area contributed by atoms with Crippen molar-refractivity contribution >= 4 is 70.5 Å². The second-order valence-corrected chi connectivity index (χ2v) is 16.4. The Hall–Kier alpha value is 0.768. The van der Waals surface area contributed by atoms with Crippen LogP contribution in [-0.2, 0) is 31.0 Å². The highest BCUT2D eigenvalue weighted by Crippen LogP contribution is 2.58. The predicted molar refractivity (Wildman–Crippen MR) is 140 cm³/mol. The van der Waals surface area contributed by atoms with E-state index in [-0.39, 0.29) is 48.4 Å². The zero-order valence-electron chi connectivity index (χ0n) is 20.8. The molecule has 0 N–H and O–H groups in total. The number of hydrogen-bond acceptors (Lipinski definition) is 7. The molecule has 7 nitrogen and oxygen atoms in total. The summed E-state index contributed by atoms with van der Waals surface area (Å²) in [4.78, 5) is 0. The minimum atomic E-state index is -3.16. The fourth-order valence-electron chi connectivity index (χ4n) is 4.64. The molecule has 0 spiro atoms. The Morgan fingerprint density at radius 2 is 1.59 bits per heavy atom. The summed E-state index contributed by atoms with van der Waals surface area (Å²) in [5, 5.41) is 0.953. The molecular formula is C15H39F3O7Si7. The highest BCUT2D eigenvalue weighted by Gasteiger charge is 2.75. The standard InChI is InChI=1S/C15H39F3O7Si7/c1-6-8(2)31-19-9(11(16)12(17)18)7-10-14(21-27,22-28)15(23-29,24-30)13(3,20-26)25-32(10,4)5/h6,9-12H,7,31H2,1-5,26-30H3. The van der Waals surface area contributed by atoms with Gasteiger partial charge in [-0.2, -0.15) is 0 Å². The SMILES string of the molecule is CC=C(C)[SiH2]OC(CC1C(O[SiH3])(O[SiH3])C(O[SiH3])(O[SiH3])C(C)(O[SiH3])O[Si]1(C)C)C(F)C(F)F. The van der Waals surface area contributed by atoms with Gasteiger partial charge in [-0.1, -0.05) is 11.3 Å². The highest BCUT2D eigenvalue weighted by atomic mass is 28.4. The fourth-order valence-corrected chi connectivity index (χ4v) is 13.8. The lowest BCUT2D eigenvalue weighted by Crippen LogP contribution is -2.81. The fraction of sp³-hybridized carbons (Fsp3) is 0.867. The monoisotopic (exact) mass is 584 g/mol. The zero-order chi connectivity index (χ0) is 25.0. The van der Waals surface area contributed by atoms with Gasteiger partial charge >= 0.3 is 0 Å². The first-order chi connectivity index (χ1) is 14.8. The lowest BCUT2D eigenvalue weighted by molar-refractivity contribution is -0.413. The molecule has 0 aliphatic carbocycles. The van der Waals surface area contributed by atoms with Crippen molar-refractivity contribution in [2.75, 3.05) is 0 Å². The van der Waals surface area contributed by atoms with Gasteiger partial charge in [0.05, 0.1) is 6.10 Å². The van der Waals surface area contributed by atoms with E-state index in [1.807, 2.05) is 33.0 Å². The average molecular weight is 585 g/mol. The second kappa shape index (κ2) is 12.1. The molecule has 32 heavy (non-hydrogen) atoms. The summed E-state index contributed by atoms with van der Waals surface area (Å²) in [5.74, 6) is -4.29. The van der Waals surface area contributed by atoms with Crippen molar-refractivity contribution in [3.63, 3.8) is 0 Å². The minimum Gasteiger partial charge on any atom is -0.413 e. The van der Waals surface area contributed by atoms with Gasteiger partial charge < -0.3 is 31.0 Å². The number of hydrogen-bond donors (Lipinski definition) is 0. The molecule has 0 amide bonds. The summed E-state index contributed by atoms with van der Waals surface area (Å²) < 4.78 is 84.2. The maximum atomic E-state index is 14.8. The molecule has 4 unspecified atom stereocenters. The van der Waals surface area contributed by atoms with Gasteiger partial charge in [0.2, 0.25) is 11.6 Å². The number of allylic oxidation sites excluding steroid dienone is 2. The van der Waals surface area contributed by atoms with E-state index in [1.165, 1.54) is 0 Å². The summed E-state index contributed by atoms with van der Waals surface area (Å²) in [6.07, 6.45) is -5.14. The first-order valence-electron chi connectivity index (χ1n) is 10.4. The van der Waals surface area contributed by atoms with Crippen LogP contribution in [0.1, 0.15) is 27.2 Å². The van der Waals surface area contributed by atoms with Gasteiger partial charge in [-0.3, -0.25) is 0 Å². The van der Waals surface area contributed by atoms with Crippen molar-refractivity contribution in [1.82, 2.24) is 0 Å². The largest absolute Gasteiger partial charge is 0.413 e. The van der Waals surface area contributed by atoms with Gasteiger partial charge in [0, 0.05) is 5.54 Å². The molecule has 1 aliphatic rings. The molecule has 1 aliphatic heterocycles. The Kier molecular flexibility index (Phi) is 11.7. The van der Waals surface area contributed by atoms with E-state index in [4.69, 9.17) is 31.0 Å². The van der Waals surface area contributed by atoms with Crippen molar-refractivity contribution in [1.29, 1.82) is 0 Å². The molecule has 0 bridgehead atoms. The van der Waals surface area contributed by atoms with E-state index in [2.05, 4.69) is 0 Å². The molecule has 0 saturated carbocycles. The van der Waals surface area contributed by atoms with Crippen molar-refractivity contribution in [2.24, 2.45) is 0 Å².